The second kappa shape index (κ2) is 6.42. The summed E-state index contributed by atoms with van der Waals surface area (Å²) in [5.41, 5.74) is 9.99. The van der Waals surface area contributed by atoms with Gasteiger partial charge in [0.15, 0.2) is 6.21 Å². The Balaban J connectivity index is 1.96. The number of hydrogen-bond acceptors (Lipinski definition) is 0. The van der Waals surface area contributed by atoms with Crippen LogP contribution in [-0.2, 0) is 5.41 Å². The molecular weight excluding hydrogens is 350 g/mol. The molecule has 0 aromatic heterocycles. The minimum Gasteiger partial charge on any atom is -0.213 e. The van der Waals surface area contributed by atoms with E-state index in [9.17, 15) is 0 Å². The van der Waals surface area contributed by atoms with Gasteiger partial charge in [-0.05, 0) is 49.8 Å². The van der Waals surface area contributed by atoms with E-state index >= 15 is 0 Å². The Hall–Kier alpha value is -3.19. The van der Waals surface area contributed by atoms with E-state index in [0.717, 1.165) is 0 Å². The van der Waals surface area contributed by atoms with Crippen molar-refractivity contribution in [2.24, 2.45) is 0 Å². The van der Waals surface area contributed by atoms with Crippen LogP contribution in [0.4, 0.5) is 5.69 Å². The van der Waals surface area contributed by atoms with Crippen molar-refractivity contribution in [3.8, 4) is 0 Å². The monoisotopic (exact) mass is 376 g/mol. The van der Waals surface area contributed by atoms with Crippen LogP contribution in [0.1, 0.15) is 38.9 Å². The quantitative estimate of drug-likeness (QED) is 0.494. The molecule has 1 N–H and O–H groups in total. The zero-order valence-electron chi connectivity index (χ0n) is 17.5. The molecule has 5 rings (SSSR count). The minimum absolute atomic E-state index is 0.346. The molecule has 4 aromatic carbocycles. The van der Waals surface area contributed by atoms with Crippen molar-refractivity contribution >= 4 is 22.7 Å². The van der Waals surface area contributed by atoms with Gasteiger partial charge in [0.05, 0.1) is 5.39 Å². The topological polar surface area (TPSA) is 14.0 Å². The van der Waals surface area contributed by atoms with E-state index in [1.54, 1.807) is 0 Å². The van der Waals surface area contributed by atoms with Crippen LogP contribution >= 0.6 is 0 Å². The predicted molar refractivity (Wildman–Crippen MR) is 122 cm³/mol. The summed E-state index contributed by atoms with van der Waals surface area (Å²) < 4.78 is 0. The first-order valence-corrected chi connectivity index (χ1v) is 10.3. The fraction of sp³-hybridized carbons (Fsp3) is 0.179. The van der Waals surface area contributed by atoms with Gasteiger partial charge in [-0.15, -0.1) is 0 Å². The highest BCUT2D eigenvalue weighted by Crippen LogP contribution is 2.44. The molecule has 4 aromatic rings. The summed E-state index contributed by atoms with van der Waals surface area (Å²) in [7, 11) is 0. The molecule has 0 amide bonds. The fourth-order valence-electron chi connectivity index (χ4n) is 5.10. The van der Waals surface area contributed by atoms with Gasteiger partial charge in [-0.25, -0.2) is 4.99 Å². The highest BCUT2D eigenvalue weighted by Gasteiger charge is 2.42. The van der Waals surface area contributed by atoms with Gasteiger partial charge in [0.1, 0.15) is 5.41 Å². The van der Waals surface area contributed by atoms with Gasteiger partial charge in [-0.1, -0.05) is 89.0 Å². The standard InChI is InChI=1S/C28H25N/c1-18-11-19(2)14-23(13-18)28(24-15-20(3)12-21(4)16-24)17-29-26-10-6-8-22-7-5-9-25(28)27(22)26/h5-17H,1-4H3/p+1. The van der Waals surface area contributed by atoms with Crippen molar-refractivity contribution in [2.45, 2.75) is 33.1 Å². The van der Waals surface area contributed by atoms with E-state index < -0.39 is 0 Å². The summed E-state index contributed by atoms with van der Waals surface area (Å²) in [5, 5.41) is 2.59. The van der Waals surface area contributed by atoms with Gasteiger partial charge in [0, 0.05) is 6.07 Å². The fourth-order valence-corrected chi connectivity index (χ4v) is 5.10. The number of nitrogens with one attached hydrogen (secondary N) is 1. The van der Waals surface area contributed by atoms with Gasteiger partial charge in [0.25, 0.3) is 0 Å². The third-order valence-corrected chi connectivity index (χ3v) is 6.13. The minimum atomic E-state index is -0.346. The average Bonchev–Trinajstić information content (AvgIpc) is 2.67. The lowest BCUT2D eigenvalue weighted by atomic mass is 9.67. The molecule has 142 valence electrons. The Morgan fingerprint density at radius 1 is 0.621 bits per heavy atom. The van der Waals surface area contributed by atoms with Crippen LogP contribution < -0.4 is 4.99 Å². The van der Waals surface area contributed by atoms with E-state index in [1.807, 2.05) is 0 Å². The van der Waals surface area contributed by atoms with Crippen LogP contribution in [0.25, 0.3) is 10.8 Å². The van der Waals surface area contributed by atoms with E-state index in [2.05, 4.69) is 112 Å². The molecule has 1 aliphatic heterocycles. The molecule has 0 bridgehead atoms. The van der Waals surface area contributed by atoms with Crippen molar-refractivity contribution in [3.63, 3.8) is 0 Å². The van der Waals surface area contributed by atoms with Crippen molar-refractivity contribution < 1.29 is 4.99 Å². The summed E-state index contributed by atoms with van der Waals surface area (Å²) >= 11 is 0. The van der Waals surface area contributed by atoms with E-state index in [0.29, 0.717) is 0 Å². The van der Waals surface area contributed by atoms with Gasteiger partial charge in [-0.3, -0.25) is 0 Å². The zero-order valence-corrected chi connectivity index (χ0v) is 17.5. The predicted octanol–water partition coefficient (Wildman–Crippen LogP) is 5.20. The molecule has 0 fully saturated rings. The average molecular weight is 377 g/mol. The summed E-state index contributed by atoms with van der Waals surface area (Å²) in [4.78, 5) is 3.67. The van der Waals surface area contributed by atoms with E-state index in [-0.39, 0.29) is 5.41 Å². The second-order valence-electron chi connectivity index (χ2n) is 8.56. The first kappa shape index (κ1) is 17.9. The van der Waals surface area contributed by atoms with E-state index in [4.69, 9.17) is 0 Å². The van der Waals surface area contributed by atoms with Crippen LogP contribution in [0.2, 0.25) is 0 Å². The van der Waals surface area contributed by atoms with Crippen LogP contribution in [0.3, 0.4) is 0 Å². The molecule has 1 nitrogen and oxygen atoms in total. The van der Waals surface area contributed by atoms with Gasteiger partial charge in [0.2, 0.25) is 5.69 Å². The van der Waals surface area contributed by atoms with Crippen molar-refractivity contribution in [1.82, 2.24) is 0 Å². The number of benzene rings is 4. The molecule has 0 unspecified atom stereocenters. The molecular formula is C28H26N+. The maximum Gasteiger partial charge on any atom is 0.211 e. The van der Waals surface area contributed by atoms with Crippen LogP contribution in [0.5, 0.6) is 0 Å². The third kappa shape index (κ3) is 2.73. The van der Waals surface area contributed by atoms with Crippen LogP contribution in [-0.4, -0.2) is 6.21 Å². The van der Waals surface area contributed by atoms with Crippen molar-refractivity contribution in [3.05, 3.63) is 112 Å². The summed E-state index contributed by atoms with van der Waals surface area (Å²) in [6, 6.07) is 27.1. The Morgan fingerprint density at radius 3 is 1.69 bits per heavy atom. The van der Waals surface area contributed by atoms with Crippen molar-refractivity contribution in [1.29, 1.82) is 0 Å². The SMILES string of the molecule is Cc1cc(C)cc(C2(c3cc(C)cc(C)c3)C=[NH+]c3cccc4cccc2c34)c1. The number of aryl methyl sites for hydroxylation is 4. The van der Waals surface area contributed by atoms with Crippen LogP contribution in [0.15, 0.2) is 72.8 Å². The normalized spacial score (nSPS) is 14.3. The largest absolute Gasteiger partial charge is 0.213 e. The highest BCUT2D eigenvalue weighted by atomic mass is 14.8. The van der Waals surface area contributed by atoms with Crippen molar-refractivity contribution in [2.75, 3.05) is 0 Å². The molecule has 0 aliphatic carbocycles. The Bertz CT molecular complexity index is 1200. The van der Waals surface area contributed by atoms with Gasteiger partial charge >= 0.3 is 0 Å². The second-order valence-corrected chi connectivity index (χ2v) is 8.56. The highest BCUT2D eigenvalue weighted by molar-refractivity contribution is 6.01. The van der Waals surface area contributed by atoms with E-state index in [1.165, 1.54) is 55.4 Å². The molecule has 1 heteroatoms. The molecule has 29 heavy (non-hydrogen) atoms. The molecule has 0 saturated carbocycles. The Morgan fingerprint density at radius 2 is 1.14 bits per heavy atom. The molecule has 0 spiro atoms. The molecule has 0 radical (unpaired) electrons. The Kier molecular flexibility index (Phi) is 3.96. The van der Waals surface area contributed by atoms with Gasteiger partial charge in [-0.2, -0.15) is 0 Å². The zero-order chi connectivity index (χ0) is 20.2. The first-order chi connectivity index (χ1) is 14.0. The maximum absolute atomic E-state index is 3.67. The summed E-state index contributed by atoms with van der Waals surface area (Å²) in [6.45, 7) is 8.76. The molecule has 1 aliphatic rings. The smallest absolute Gasteiger partial charge is 0.211 e. The lowest BCUT2D eigenvalue weighted by Gasteiger charge is -2.33. The third-order valence-electron chi connectivity index (χ3n) is 6.13. The molecule has 0 saturated heterocycles. The number of rotatable bonds is 2. The number of hydrogen-bond donors (Lipinski definition) is 1. The van der Waals surface area contributed by atoms with Crippen LogP contribution in [0, 0.1) is 27.7 Å². The van der Waals surface area contributed by atoms with Gasteiger partial charge < -0.3 is 0 Å². The Labute approximate surface area is 172 Å². The summed E-state index contributed by atoms with van der Waals surface area (Å²) in [5.74, 6) is 0. The maximum atomic E-state index is 3.67. The molecule has 0 atom stereocenters. The first-order valence-electron chi connectivity index (χ1n) is 10.3. The summed E-state index contributed by atoms with van der Waals surface area (Å²) in [6.07, 6.45) is 2.30. The lowest BCUT2D eigenvalue weighted by molar-refractivity contribution is -0.349. The molecule has 1 heterocycles. The lowest BCUT2D eigenvalue weighted by Crippen LogP contribution is -2.68.